The van der Waals surface area contributed by atoms with Gasteiger partial charge in [-0.1, -0.05) is 29.8 Å². The first kappa shape index (κ1) is 16.2. The quantitative estimate of drug-likeness (QED) is 0.916. The minimum Gasteiger partial charge on any atom is -0.325 e. The zero-order chi connectivity index (χ0) is 16.1. The lowest BCUT2D eigenvalue weighted by atomic mass is 10.1. The Morgan fingerprint density at radius 3 is 2.64 bits per heavy atom. The fraction of sp³-hybridized carbons (Fsp3) is 0.278. The second kappa shape index (κ2) is 7.18. The summed E-state index contributed by atoms with van der Waals surface area (Å²) in [6.45, 7) is 5.09. The highest BCUT2D eigenvalue weighted by Gasteiger charge is 2.09. The van der Waals surface area contributed by atoms with Gasteiger partial charge in [0.15, 0.2) is 0 Å². The molecule has 0 unspecified atom stereocenters. The van der Waals surface area contributed by atoms with Gasteiger partial charge in [-0.2, -0.15) is 0 Å². The van der Waals surface area contributed by atoms with Gasteiger partial charge >= 0.3 is 0 Å². The molecule has 2 rings (SSSR count). The highest BCUT2D eigenvalue weighted by atomic mass is 19.1. The van der Waals surface area contributed by atoms with Crippen molar-refractivity contribution in [3.63, 3.8) is 0 Å². The molecule has 116 valence electrons. The smallest absolute Gasteiger partial charge is 0.238 e. The van der Waals surface area contributed by atoms with E-state index in [0.29, 0.717) is 12.2 Å². The van der Waals surface area contributed by atoms with Crippen LogP contribution in [0.15, 0.2) is 42.5 Å². The molecule has 1 N–H and O–H groups in total. The Balaban J connectivity index is 1.91. The molecule has 2 aromatic carbocycles. The van der Waals surface area contributed by atoms with Gasteiger partial charge in [-0.05, 0) is 50.2 Å². The lowest BCUT2D eigenvalue weighted by Crippen LogP contribution is -2.30. The van der Waals surface area contributed by atoms with Crippen LogP contribution in [0.1, 0.15) is 16.7 Å². The van der Waals surface area contributed by atoms with Crippen molar-refractivity contribution in [1.29, 1.82) is 0 Å². The van der Waals surface area contributed by atoms with Crippen LogP contribution in [-0.2, 0) is 11.3 Å². The number of aryl methyl sites for hydroxylation is 2. The van der Waals surface area contributed by atoms with Crippen LogP contribution in [0.25, 0.3) is 0 Å². The molecule has 0 saturated heterocycles. The van der Waals surface area contributed by atoms with Gasteiger partial charge in [0.1, 0.15) is 5.82 Å². The number of halogens is 1. The number of carbonyl (C=O) groups is 1. The molecule has 0 radical (unpaired) electrons. The van der Waals surface area contributed by atoms with Crippen LogP contribution in [0.3, 0.4) is 0 Å². The van der Waals surface area contributed by atoms with E-state index in [4.69, 9.17) is 0 Å². The Morgan fingerprint density at radius 2 is 1.95 bits per heavy atom. The van der Waals surface area contributed by atoms with Gasteiger partial charge in [0.05, 0.1) is 6.54 Å². The van der Waals surface area contributed by atoms with Crippen LogP contribution in [0.4, 0.5) is 10.1 Å². The first-order valence-electron chi connectivity index (χ1n) is 7.24. The van der Waals surface area contributed by atoms with E-state index in [1.165, 1.54) is 28.8 Å². The Morgan fingerprint density at radius 1 is 1.18 bits per heavy atom. The lowest BCUT2D eigenvalue weighted by molar-refractivity contribution is -0.117. The van der Waals surface area contributed by atoms with Gasteiger partial charge in [-0.3, -0.25) is 9.69 Å². The summed E-state index contributed by atoms with van der Waals surface area (Å²) < 4.78 is 13.1. The summed E-state index contributed by atoms with van der Waals surface area (Å²) in [6.07, 6.45) is 0. The molecular weight excluding hydrogens is 279 g/mol. The summed E-state index contributed by atoms with van der Waals surface area (Å²) in [5.41, 5.74) is 4.13. The summed E-state index contributed by atoms with van der Waals surface area (Å²) in [6, 6.07) is 12.2. The molecule has 0 atom stereocenters. The van der Waals surface area contributed by atoms with Crippen molar-refractivity contribution in [3.05, 3.63) is 65.0 Å². The molecule has 0 spiro atoms. The van der Waals surface area contributed by atoms with E-state index in [1.807, 2.05) is 11.9 Å². The molecule has 0 aliphatic rings. The van der Waals surface area contributed by atoms with E-state index in [-0.39, 0.29) is 18.3 Å². The fourth-order valence-electron chi connectivity index (χ4n) is 2.38. The van der Waals surface area contributed by atoms with Crippen LogP contribution in [0.2, 0.25) is 0 Å². The maximum Gasteiger partial charge on any atom is 0.238 e. The number of likely N-dealkylation sites (N-methyl/N-ethyl adjacent to an activating group) is 1. The van der Waals surface area contributed by atoms with Crippen molar-refractivity contribution in [2.24, 2.45) is 0 Å². The summed E-state index contributed by atoms with van der Waals surface area (Å²) in [4.78, 5) is 13.9. The molecule has 2 aromatic rings. The van der Waals surface area contributed by atoms with E-state index in [2.05, 4.69) is 37.4 Å². The van der Waals surface area contributed by atoms with Crippen LogP contribution in [0, 0.1) is 19.7 Å². The van der Waals surface area contributed by atoms with Gasteiger partial charge in [-0.15, -0.1) is 0 Å². The van der Waals surface area contributed by atoms with Gasteiger partial charge < -0.3 is 5.32 Å². The number of hydrogen-bond acceptors (Lipinski definition) is 2. The van der Waals surface area contributed by atoms with Gasteiger partial charge in [0.2, 0.25) is 5.91 Å². The summed E-state index contributed by atoms with van der Waals surface area (Å²) in [7, 11) is 1.89. The molecular formula is C18H21FN2O. The number of nitrogens with one attached hydrogen (secondary N) is 1. The summed E-state index contributed by atoms with van der Waals surface area (Å²) in [5.74, 6) is -0.515. The van der Waals surface area contributed by atoms with Crippen LogP contribution >= 0.6 is 0 Å². The topological polar surface area (TPSA) is 32.3 Å². The third-order valence-electron chi connectivity index (χ3n) is 3.46. The van der Waals surface area contributed by atoms with Crippen molar-refractivity contribution < 1.29 is 9.18 Å². The fourth-order valence-corrected chi connectivity index (χ4v) is 2.38. The largest absolute Gasteiger partial charge is 0.325 e. The maximum absolute atomic E-state index is 13.1. The maximum atomic E-state index is 13.1. The van der Waals surface area contributed by atoms with Crippen molar-refractivity contribution >= 4 is 11.6 Å². The van der Waals surface area contributed by atoms with E-state index in [0.717, 1.165) is 0 Å². The number of rotatable bonds is 5. The molecule has 0 heterocycles. The van der Waals surface area contributed by atoms with Crippen LogP contribution in [0.5, 0.6) is 0 Å². The second-order valence-electron chi connectivity index (χ2n) is 5.66. The number of anilines is 1. The lowest BCUT2D eigenvalue weighted by Gasteiger charge is -2.18. The summed E-state index contributed by atoms with van der Waals surface area (Å²) >= 11 is 0. The van der Waals surface area contributed by atoms with Crippen molar-refractivity contribution in [3.8, 4) is 0 Å². The number of hydrogen-bond donors (Lipinski definition) is 1. The molecule has 0 aliphatic carbocycles. The van der Waals surface area contributed by atoms with Crippen LogP contribution in [-0.4, -0.2) is 24.4 Å². The molecule has 22 heavy (non-hydrogen) atoms. The first-order valence-corrected chi connectivity index (χ1v) is 7.24. The molecule has 1 amide bonds. The van der Waals surface area contributed by atoms with Crippen molar-refractivity contribution in [2.45, 2.75) is 20.4 Å². The first-order chi connectivity index (χ1) is 10.4. The average Bonchev–Trinajstić information content (AvgIpc) is 2.41. The molecule has 3 nitrogen and oxygen atoms in total. The molecule has 4 heteroatoms. The van der Waals surface area contributed by atoms with E-state index < -0.39 is 0 Å². The number of benzene rings is 2. The minimum atomic E-state index is -0.360. The monoisotopic (exact) mass is 300 g/mol. The van der Waals surface area contributed by atoms with Crippen LogP contribution < -0.4 is 5.32 Å². The van der Waals surface area contributed by atoms with Gasteiger partial charge in [0.25, 0.3) is 0 Å². The number of amides is 1. The molecule has 0 bridgehead atoms. The standard InChI is InChI=1S/C18H21FN2O/c1-13-7-8-15(14(2)9-13)11-21(3)12-18(22)20-17-6-4-5-16(19)10-17/h4-10H,11-12H2,1-3H3,(H,20,22). The molecule has 0 aromatic heterocycles. The third kappa shape index (κ3) is 4.67. The highest BCUT2D eigenvalue weighted by Crippen LogP contribution is 2.13. The predicted molar refractivity (Wildman–Crippen MR) is 87.3 cm³/mol. The minimum absolute atomic E-state index is 0.155. The van der Waals surface area contributed by atoms with E-state index in [1.54, 1.807) is 12.1 Å². The zero-order valence-electron chi connectivity index (χ0n) is 13.2. The third-order valence-corrected chi connectivity index (χ3v) is 3.46. The molecule has 0 aliphatic heterocycles. The predicted octanol–water partition coefficient (Wildman–Crippen LogP) is 3.51. The Hall–Kier alpha value is -2.20. The normalized spacial score (nSPS) is 10.8. The Kier molecular flexibility index (Phi) is 5.28. The van der Waals surface area contributed by atoms with Gasteiger partial charge in [0, 0.05) is 12.2 Å². The van der Waals surface area contributed by atoms with E-state index >= 15 is 0 Å². The van der Waals surface area contributed by atoms with E-state index in [9.17, 15) is 9.18 Å². The highest BCUT2D eigenvalue weighted by molar-refractivity contribution is 5.92. The molecule has 0 fully saturated rings. The zero-order valence-corrected chi connectivity index (χ0v) is 13.2. The Bertz CT molecular complexity index is 670. The van der Waals surface area contributed by atoms with Crippen molar-refractivity contribution in [1.82, 2.24) is 4.90 Å². The second-order valence-corrected chi connectivity index (χ2v) is 5.66. The number of nitrogens with zero attached hydrogens (tertiary/aromatic N) is 1. The summed E-state index contributed by atoms with van der Waals surface area (Å²) in [5, 5.41) is 2.70. The average molecular weight is 300 g/mol. The number of carbonyl (C=O) groups excluding carboxylic acids is 1. The SMILES string of the molecule is Cc1ccc(CN(C)CC(=O)Nc2cccc(F)c2)c(C)c1. The molecule has 0 saturated carbocycles. The van der Waals surface area contributed by atoms with Crippen molar-refractivity contribution in [2.75, 3.05) is 18.9 Å². The Labute approximate surface area is 130 Å². The van der Waals surface area contributed by atoms with Gasteiger partial charge in [-0.25, -0.2) is 4.39 Å².